The fourth-order valence-electron chi connectivity index (χ4n) is 1.37. The Balaban J connectivity index is 2.35. The van der Waals surface area contributed by atoms with E-state index in [1.54, 1.807) is 0 Å². The molecule has 60 valence electrons. The Labute approximate surface area is 71.3 Å². The lowest BCUT2D eigenvalue weighted by atomic mass is 10.1. The maximum Gasteiger partial charge on any atom is 0.0247 e. The summed E-state index contributed by atoms with van der Waals surface area (Å²) in [6.45, 7) is 6.67. The van der Waals surface area contributed by atoms with Crippen molar-refractivity contribution >= 4 is 16.1 Å². The van der Waals surface area contributed by atoms with Gasteiger partial charge in [-0.1, -0.05) is 6.92 Å². The number of hydrogen-bond acceptors (Lipinski definition) is 2. The van der Waals surface area contributed by atoms with Crippen molar-refractivity contribution in [3.63, 3.8) is 0 Å². The van der Waals surface area contributed by atoms with E-state index in [2.05, 4.69) is 39.2 Å². The first-order valence-electron chi connectivity index (χ1n) is 3.89. The quantitative estimate of drug-likeness (QED) is 0.653. The predicted octanol–water partition coefficient (Wildman–Crippen LogP) is 1.37. The number of halogens is 1. The molecule has 2 atom stereocenters. The van der Waals surface area contributed by atoms with E-state index in [0.717, 1.165) is 13.1 Å². The molecule has 1 N–H and O–H groups in total. The molecule has 0 unspecified atom stereocenters. The second-order valence-electron chi connectivity index (χ2n) is 3.00. The molecule has 0 saturated carbocycles. The minimum Gasteiger partial charge on any atom is -0.309 e. The summed E-state index contributed by atoms with van der Waals surface area (Å²) < 4.78 is 2.21. The Hall–Kier alpha value is 0.400. The van der Waals surface area contributed by atoms with Crippen molar-refractivity contribution in [2.75, 3.05) is 13.1 Å². The van der Waals surface area contributed by atoms with Gasteiger partial charge in [-0.15, -0.1) is 0 Å². The average molecular weight is 207 g/mol. The molecule has 2 nitrogen and oxygen atoms in total. The van der Waals surface area contributed by atoms with Gasteiger partial charge in [-0.3, -0.25) is 0 Å². The lowest BCUT2D eigenvalue weighted by Gasteiger charge is -2.33. The lowest BCUT2D eigenvalue weighted by Crippen LogP contribution is -2.51. The van der Waals surface area contributed by atoms with Crippen LogP contribution in [0.2, 0.25) is 0 Å². The van der Waals surface area contributed by atoms with Crippen LogP contribution in [0.4, 0.5) is 0 Å². The van der Waals surface area contributed by atoms with Crippen LogP contribution in [-0.2, 0) is 0 Å². The smallest absolute Gasteiger partial charge is 0.0247 e. The zero-order valence-corrected chi connectivity index (χ0v) is 8.19. The normalized spacial score (nSPS) is 36.3. The van der Waals surface area contributed by atoms with Crippen LogP contribution in [0.15, 0.2) is 0 Å². The second kappa shape index (κ2) is 3.69. The molecule has 0 aromatic heterocycles. The van der Waals surface area contributed by atoms with Crippen molar-refractivity contribution < 1.29 is 0 Å². The van der Waals surface area contributed by atoms with Crippen LogP contribution in [0.1, 0.15) is 20.3 Å². The summed E-state index contributed by atoms with van der Waals surface area (Å²) in [6.07, 6.45) is 1.21. The molecule has 0 bridgehead atoms. The Kier molecular flexibility index (Phi) is 3.14. The molecule has 0 aromatic carbocycles. The third kappa shape index (κ3) is 2.22. The van der Waals surface area contributed by atoms with Gasteiger partial charge in [0, 0.05) is 41.3 Å². The molecule has 0 spiro atoms. The summed E-state index contributed by atoms with van der Waals surface area (Å²) in [5.41, 5.74) is 0. The summed E-state index contributed by atoms with van der Waals surface area (Å²) in [5, 5.41) is 3.52. The highest BCUT2D eigenvalue weighted by Crippen LogP contribution is 2.09. The first-order valence-corrected chi connectivity index (χ1v) is 4.60. The fourth-order valence-corrected chi connectivity index (χ4v) is 2.15. The Morgan fingerprint density at radius 1 is 1.60 bits per heavy atom. The highest BCUT2D eigenvalue weighted by molar-refractivity contribution is 9.07. The first kappa shape index (κ1) is 8.50. The van der Waals surface area contributed by atoms with E-state index in [1.807, 2.05) is 0 Å². The van der Waals surface area contributed by atoms with Gasteiger partial charge < -0.3 is 5.32 Å². The summed E-state index contributed by atoms with van der Waals surface area (Å²) in [7, 11) is 0. The van der Waals surface area contributed by atoms with Crippen molar-refractivity contribution in [2.45, 2.75) is 32.4 Å². The number of nitrogens with zero attached hydrogens (tertiary/aromatic N) is 1. The van der Waals surface area contributed by atoms with Crippen LogP contribution < -0.4 is 5.32 Å². The molecule has 1 aliphatic heterocycles. The van der Waals surface area contributed by atoms with E-state index in [9.17, 15) is 0 Å². The van der Waals surface area contributed by atoms with E-state index in [4.69, 9.17) is 0 Å². The topological polar surface area (TPSA) is 15.3 Å². The Morgan fingerprint density at radius 3 is 2.80 bits per heavy atom. The largest absolute Gasteiger partial charge is 0.309 e. The summed E-state index contributed by atoms with van der Waals surface area (Å²) >= 11 is 3.50. The van der Waals surface area contributed by atoms with E-state index >= 15 is 0 Å². The van der Waals surface area contributed by atoms with Gasteiger partial charge in [0.25, 0.3) is 0 Å². The zero-order valence-electron chi connectivity index (χ0n) is 6.60. The summed E-state index contributed by atoms with van der Waals surface area (Å²) in [4.78, 5) is 0. The van der Waals surface area contributed by atoms with E-state index in [0.29, 0.717) is 12.1 Å². The molecule has 1 saturated heterocycles. The standard InChI is InChI=1S/C7H15BrN2/c1-3-7-5-10(8)4-6(2)9-7/h6-7,9H,3-5H2,1-2H3/t6-,7+/m0/s1. The lowest BCUT2D eigenvalue weighted by molar-refractivity contribution is 0.271. The van der Waals surface area contributed by atoms with Crippen molar-refractivity contribution in [3.05, 3.63) is 0 Å². The van der Waals surface area contributed by atoms with Gasteiger partial charge in [0.05, 0.1) is 0 Å². The molecule has 0 amide bonds. The molecular weight excluding hydrogens is 192 g/mol. The molecule has 10 heavy (non-hydrogen) atoms. The van der Waals surface area contributed by atoms with Gasteiger partial charge in [-0.2, -0.15) is 0 Å². The maximum atomic E-state index is 3.52. The van der Waals surface area contributed by atoms with Crippen LogP contribution in [0.5, 0.6) is 0 Å². The SMILES string of the molecule is CC[C@@H]1CN(Br)C[C@H](C)N1. The van der Waals surface area contributed by atoms with Gasteiger partial charge in [0.1, 0.15) is 0 Å². The molecule has 1 aliphatic rings. The Bertz CT molecular complexity index is 97.8. The van der Waals surface area contributed by atoms with Gasteiger partial charge in [-0.25, -0.2) is 3.93 Å². The van der Waals surface area contributed by atoms with Gasteiger partial charge in [0.2, 0.25) is 0 Å². The molecule has 0 aromatic rings. The van der Waals surface area contributed by atoms with Crippen LogP contribution in [0.25, 0.3) is 0 Å². The van der Waals surface area contributed by atoms with E-state index in [1.165, 1.54) is 6.42 Å². The fraction of sp³-hybridized carbons (Fsp3) is 1.00. The average Bonchev–Trinajstić information content (AvgIpc) is 1.85. The molecule has 1 fully saturated rings. The number of hydrogen-bond donors (Lipinski definition) is 1. The van der Waals surface area contributed by atoms with Crippen LogP contribution >= 0.6 is 16.1 Å². The first-order chi connectivity index (χ1) is 4.72. The maximum absolute atomic E-state index is 3.52. The van der Waals surface area contributed by atoms with Gasteiger partial charge >= 0.3 is 0 Å². The Morgan fingerprint density at radius 2 is 2.30 bits per heavy atom. The van der Waals surface area contributed by atoms with E-state index < -0.39 is 0 Å². The molecule has 1 rings (SSSR count). The summed E-state index contributed by atoms with van der Waals surface area (Å²) in [6, 6.07) is 1.29. The third-order valence-corrected chi connectivity index (χ3v) is 2.48. The monoisotopic (exact) mass is 206 g/mol. The van der Waals surface area contributed by atoms with Crippen LogP contribution in [-0.4, -0.2) is 29.1 Å². The molecule has 3 heteroatoms. The number of rotatable bonds is 1. The van der Waals surface area contributed by atoms with Crippen molar-refractivity contribution in [1.29, 1.82) is 0 Å². The van der Waals surface area contributed by atoms with E-state index in [-0.39, 0.29) is 0 Å². The zero-order chi connectivity index (χ0) is 7.56. The molecule has 1 heterocycles. The van der Waals surface area contributed by atoms with Crippen LogP contribution in [0, 0.1) is 0 Å². The highest BCUT2D eigenvalue weighted by atomic mass is 79.9. The van der Waals surface area contributed by atoms with Crippen LogP contribution in [0.3, 0.4) is 0 Å². The number of nitrogens with one attached hydrogen (secondary N) is 1. The third-order valence-electron chi connectivity index (χ3n) is 1.90. The van der Waals surface area contributed by atoms with Gasteiger partial charge in [0.15, 0.2) is 0 Å². The number of piperazine rings is 1. The van der Waals surface area contributed by atoms with Gasteiger partial charge in [-0.05, 0) is 13.3 Å². The summed E-state index contributed by atoms with van der Waals surface area (Å²) in [5.74, 6) is 0. The highest BCUT2D eigenvalue weighted by Gasteiger charge is 2.20. The molecule has 0 radical (unpaired) electrons. The minimum atomic E-state index is 0.623. The second-order valence-corrected chi connectivity index (χ2v) is 4.00. The molecular formula is C7H15BrN2. The molecule has 0 aliphatic carbocycles. The van der Waals surface area contributed by atoms with Crippen molar-refractivity contribution in [1.82, 2.24) is 9.24 Å². The predicted molar refractivity (Wildman–Crippen MR) is 47.2 cm³/mol. The van der Waals surface area contributed by atoms with Crippen molar-refractivity contribution in [3.8, 4) is 0 Å². The minimum absolute atomic E-state index is 0.623. The van der Waals surface area contributed by atoms with Crippen molar-refractivity contribution in [2.24, 2.45) is 0 Å².